The fraction of sp³-hybridized carbons (Fsp3) is 0.667. The van der Waals surface area contributed by atoms with Crippen LogP contribution in [0.4, 0.5) is 0 Å². The molecule has 0 radical (unpaired) electrons. The molecule has 1 rings (SSSR count). The van der Waals surface area contributed by atoms with Crippen LogP contribution >= 0.6 is 0 Å². The molecule has 0 amide bonds. The van der Waals surface area contributed by atoms with E-state index in [0.29, 0.717) is 18.9 Å². The smallest absolute Gasteiger partial charge is 0.219 e. The molecule has 0 saturated heterocycles. The maximum absolute atomic E-state index is 9.75. The summed E-state index contributed by atoms with van der Waals surface area (Å²) in [6.45, 7) is 6.50. The molecule has 4 heteroatoms. The molecule has 0 aromatic carbocycles. The highest BCUT2D eigenvalue weighted by Crippen LogP contribution is 2.18. The molecule has 1 aromatic heterocycles. The normalized spacial score (nSPS) is 12.5. The Balaban J connectivity index is 2.76. The number of aliphatic hydroxyl groups excluding tert-OH is 1. The van der Waals surface area contributed by atoms with Gasteiger partial charge in [-0.25, -0.2) is 9.97 Å². The summed E-state index contributed by atoms with van der Waals surface area (Å²) in [6, 6.07) is 0. The number of ether oxygens (including phenoxy) is 1. The van der Waals surface area contributed by atoms with Gasteiger partial charge in [0.25, 0.3) is 0 Å². The Morgan fingerprint density at radius 3 is 2.75 bits per heavy atom. The van der Waals surface area contributed by atoms with Crippen molar-refractivity contribution >= 4 is 0 Å². The highest BCUT2D eigenvalue weighted by Gasteiger charge is 2.11. The van der Waals surface area contributed by atoms with Crippen molar-refractivity contribution in [1.82, 2.24) is 9.97 Å². The van der Waals surface area contributed by atoms with E-state index in [2.05, 4.69) is 16.9 Å². The Morgan fingerprint density at radius 1 is 1.38 bits per heavy atom. The van der Waals surface area contributed by atoms with Crippen molar-refractivity contribution in [1.29, 1.82) is 0 Å². The largest absolute Gasteiger partial charge is 0.478 e. The van der Waals surface area contributed by atoms with E-state index >= 15 is 0 Å². The summed E-state index contributed by atoms with van der Waals surface area (Å²) in [5, 5.41) is 9.75. The lowest BCUT2D eigenvalue weighted by Gasteiger charge is -2.12. The van der Waals surface area contributed by atoms with Gasteiger partial charge in [-0.3, -0.25) is 0 Å². The van der Waals surface area contributed by atoms with E-state index in [1.807, 2.05) is 13.8 Å². The van der Waals surface area contributed by atoms with E-state index < -0.39 is 0 Å². The molecule has 0 aliphatic carbocycles. The zero-order valence-corrected chi connectivity index (χ0v) is 10.2. The summed E-state index contributed by atoms with van der Waals surface area (Å²) >= 11 is 0. The van der Waals surface area contributed by atoms with E-state index in [1.165, 1.54) is 6.33 Å². The van der Waals surface area contributed by atoms with Crippen molar-refractivity contribution in [2.24, 2.45) is 0 Å². The molecule has 0 aliphatic rings. The first-order valence-electron chi connectivity index (χ1n) is 5.80. The number of nitrogens with zero attached hydrogens (tertiary/aromatic N) is 2. The predicted molar refractivity (Wildman–Crippen MR) is 62.6 cm³/mol. The summed E-state index contributed by atoms with van der Waals surface area (Å²) in [5.41, 5.74) is 1.80. The fourth-order valence-corrected chi connectivity index (χ4v) is 1.61. The van der Waals surface area contributed by atoms with Crippen LogP contribution < -0.4 is 4.74 Å². The highest BCUT2D eigenvalue weighted by atomic mass is 16.5. The molecular weight excluding hydrogens is 204 g/mol. The number of aliphatic hydroxyl groups is 1. The summed E-state index contributed by atoms with van der Waals surface area (Å²) in [7, 11) is 0. The van der Waals surface area contributed by atoms with Gasteiger partial charge in [0.05, 0.1) is 18.4 Å². The third-order valence-corrected chi connectivity index (χ3v) is 2.47. The third kappa shape index (κ3) is 3.45. The number of rotatable bonds is 6. The topological polar surface area (TPSA) is 55.2 Å². The van der Waals surface area contributed by atoms with E-state index in [4.69, 9.17) is 4.74 Å². The second kappa shape index (κ2) is 6.43. The number of hydrogen-bond acceptors (Lipinski definition) is 4. The molecule has 1 unspecified atom stereocenters. The summed E-state index contributed by atoms with van der Waals surface area (Å²) < 4.78 is 5.39. The first-order valence-corrected chi connectivity index (χ1v) is 5.80. The second-order valence-electron chi connectivity index (χ2n) is 3.83. The Bertz CT molecular complexity index is 329. The lowest BCUT2D eigenvalue weighted by molar-refractivity contribution is 0.162. The van der Waals surface area contributed by atoms with Crippen molar-refractivity contribution in [2.45, 2.75) is 46.1 Å². The minimum absolute atomic E-state index is 0.326. The van der Waals surface area contributed by atoms with Crippen molar-refractivity contribution in [3.8, 4) is 5.88 Å². The van der Waals surface area contributed by atoms with Crippen LogP contribution in [0, 0.1) is 6.92 Å². The van der Waals surface area contributed by atoms with E-state index in [0.717, 1.165) is 24.1 Å². The number of hydrogen-bond donors (Lipinski definition) is 1. The Labute approximate surface area is 96.7 Å². The van der Waals surface area contributed by atoms with Gasteiger partial charge in [-0.1, -0.05) is 13.3 Å². The molecule has 1 atom stereocenters. The van der Waals surface area contributed by atoms with E-state index in [1.54, 1.807) is 0 Å². The molecule has 0 saturated carbocycles. The van der Waals surface area contributed by atoms with Crippen LogP contribution in [0.2, 0.25) is 0 Å². The molecule has 1 heterocycles. The number of aromatic nitrogens is 2. The Kier molecular flexibility index (Phi) is 5.19. The Morgan fingerprint density at radius 2 is 2.12 bits per heavy atom. The maximum atomic E-state index is 9.75. The zero-order valence-electron chi connectivity index (χ0n) is 10.2. The summed E-state index contributed by atoms with van der Waals surface area (Å²) in [4.78, 5) is 8.26. The van der Waals surface area contributed by atoms with E-state index in [9.17, 15) is 5.11 Å². The van der Waals surface area contributed by atoms with Crippen molar-refractivity contribution in [2.75, 3.05) is 6.61 Å². The predicted octanol–water partition coefficient (Wildman–Crippen LogP) is 1.89. The average Bonchev–Trinajstić information content (AvgIpc) is 2.24. The van der Waals surface area contributed by atoms with Gasteiger partial charge in [0, 0.05) is 12.0 Å². The van der Waals surface area contributed by atoms with Crippen LogP contribution in [0.5, 0.6) is 5.88 Å². The van der Waals surface area contributed by atoms with Gasteiger partial charge in [0.15, 0.2) is 0 Å². The standard InChI is InChI=1S/C12H20N2O2/c1-4-6-10(15)7-11-9(3)12(16-5-2)14-8-13-11/h8,10,15H,4-7H2,1-3H3. The van der Waals surface area contributed by atoms with Gasteiger partial charge in [-0.05, 0) is 20.3 Å². The van der Waals surface area contributed by atoms with Gasteiger partial charge in [-0.2, -0.15) is 0 Å². The maximum Gasteiger partial charge on any atom is 0.219 e. The average molecular weight is 224 g/mol. The first kappa shape index (κ1) is 12.9. The molecule has 16 heavy (non-hydrogen) atoms. The van der Waals surface area contributed by atoms with Crippen molar-refractivity contribution in [3.63, 3.8) is 0 Å². The van der Waals surface area contributed by atoms with Crippen molar-refractivity contribution in [3.05, 3.63) is 17.6 Å². The summed E-state index contributed by atoms with van der Waals surface area (Å²) in [5.74, 6) is 0.621. The molecule has 1 aromatic rings. The van der Waals surface area contributed by atoms with Crippen LogP contribution in [0.15, 0.2) is 6.33 Å². The van der Waals surface area contributed by atoms with Crippen LogP contribution in [0.3, 0.4) is 0 Å². The minimum atomic E-state index is -0.326. The first-order chi connectivity index (χ1) is 7.69. The molecule has 0 fully saturated rings. The quantitative estimate of drug-likeness (QED) is 0.801. The lowest BCUT2D eigenvalue weighted by atomic mass is 10.1. The van der Waals surface area contributed by atoms with E-state index in [-0.39, 0.29) is 6.10 Å². The lowest BCUT2D eigenvalue weighted by Crippen LogP contribution is -2.13. The molecule has 1 N–H and O–H groups in total. The van der Waals surface area contributed by atoms with Gasteiger partial charge < -0.3 is 9.84 Å². The molecular formula is C12H20N2O2. The van der Waals surface area contributed by atoms with Crippen LogP contribution in [0.1, 0.15) is 37.9 Å². The van der Waals surface area contributed by atoms with Crippen LogP contribution in [0.25, 0.3) is 0 Å². The highest BCUT2D eigenvalue weighted by molar-refractivity contribution is 5.28. The van der Waals surface area contributed by atoms with Crippen molar-refractivity contribution < 1.29 is 9.84 Å². The van der Waals surface area contributed by atoms with Gasteiger partial charge in [-0.15, -0.1) is 0 Å². The van der Waals surface area contributed by atoms with Gasteiger partial charge in [0.1, 0.15) is 6.33 Å². The monoisotopic (exact) mass is 224 g/mol. The van der Waals surface area contributed by atoms with Crippen LogP contribution in [-0.4, -0.2) is 27.8 Å². The molecule has 4 nitrogen and oxygen atoms in total. The SMILES string of the molecule is CCCC(O)Cc1ncnc(OCC)c1C. The summed E-state index contributed by atoms with van der Waals surface area (Å²) in [6.07, 6.45) is 3.51. The van der Waals surface area contributed by atoms with Crippen LogP contribution in [-0.2, 0) is 6.42 Å². The Hall–Kier alpha value is -1.16. The molecule has 0 bridgehead atoms. The minimum Gasteiger partial charge on any atom is -0.478 e. The van der Waals surface area contributed by atoms with Gasteiger partial charge in [0.2, 0.25) is 5.88 Å². The molecule has 90 valence electrons. The van der Waals surface area contributed by atoms with Gasteiger partial charge >= 0.3 is 0 Å². The molecule has 0 aliphatic heterocycles. The fourth-order valence-electron chi connectivity index (χ4n) is 1.61. The zero-order chi connectivity index (χ0) is 12.0. The third-order valence-electron chi connectivity index (χ3n) is 2.47. The second-order valence-corrected chi connectivity index (χ2v) is 3.83. The molecule has 0 spiro atoms.